The third-order valence-corrected chi connectivity index (χ3v) is 5.71. The van der Waals surface area contributed by atoms with E-state index in [1.807, 2.05) is 41.8 Å². The molecule has 0 bridgehead atoms. The molecule has 4 aromatic rings. The summed E-state index contributed by atoms with van der Waals surface area (Å²) in [6.07, 6.45) is 4.57. The van der Waals surface area contributed by atoms with E-state index in [2.05, 4.69) is 34.6 Å². The molecule has 0 saturated heterocycles. The standard InChI is InChI=1S/C25H23N3O3S/c29-24(28-30)21-10-8-18(9-11-21)16-19(17-27-25-26-13-15-32-25)12-14-31-23-7-3-5-20-4-1-2-6-22(20)23/h1-11,13,15-16,30H,12,14,17H2,(H,26,27)(H,28,29). The van der Waals surface area contributed by atoms with Gasteiger partial charge >= 0.3 is 0 Å². The van der Waals surface area contributed by atoms with Crippen LogP contribution in [-0.2, 0) is 0 Å². The van der Waals surface area contributed by atoms with E-state index in [0.717, 1.165) is 39.2 Å². The Labute approximate surface area is 190 Å². The average Bonchev–Trinajstić information content (AvgIpc) is 3.36. The van der Waals surface area contributed by atoms with Gasteiger partial charge in [-0.2, -0.15) is 0 Å². The smallest absolute Gasteiger partial charge is 0.274 e. The molecule has 0 radical (unpaired) electrons. The van der Waals surface area contributed by atoms with Gasteiger partial charge in [0.1, 0.15) is 5.75 Å². The fraction of sp³-hybridized carbons (Fsp3) is 0.120. The van der Waals surface area contributed by atoms with E-state index < -0.39 is 5.91 Å². The highest BCUT2D eigenvalue weighted by Gasteiger charge is 2.06. The highest BCUT2D eigenvalue weighted by Crippen LogP contribution is 2.25. The van der Waals surface area contributed by atoms with Gasteiger partial charge in [0.15, 0.2) is 5.13 Å². The number of fused-ring (bicyclic) bond motifs is 1. The van der Waals surface area contributed by atoms with Crippen molar-refractivity contribution in [3.63, 3.8) is 0 Å². The Balaban J connectivity index is 1.47. The van der Waals surface area contributed by atoms with Gasteiger partial charge in [-0.15, -0.1) is 11.3 Å². The first-order valence-corrected chi connectivity index (χ1v) is 11.1. The minimum absolute atomic E-state index is 0.395. The average molecular weight is 446 g/mol. The van der Waals surface area contributed by atoms with Crippen LogP contribution in [0.2, 0.25) is 0 Å². The minimum Gasteiger partial charge on any atom is -0.493 e. The molecule has 0 aliphatic carbocycles. The summed E-state index contributed by atoms with van der Waals surface area (Å²) in [5.41, 5.74) is 4.14. The molecule has 3 aromatic carbocycles. The first-order chi connectivity index (χ1) is 15.7. The molecule has 3 N–H and O–H groups in total. The van der Waals surface area contributed by atoms with Crippen molar-refractivity contribution >= 4 is 39.2 Å². The zero-order valence-electron chi connectivity index (χ0n) is 17.3. The summed E-state index contributed by atoms with van der Waals surface area (Å²) in [6, 6.07) is 21.3. The second-order valence-corrected chi connectivity index (χ2v) is 8.03. The number of hydrogen-bond acceptors (Lipinski definition) is 6. The lowest BCUT2D eigenvalue weighted by atomic mass is 10.1. The van der Waals surface area contributed by atoms with Gasteiger partial charge in [-0.05, 0) is 34.7 Å². The second kappa shape index (κ2) is 10.6. The Hall–Kier alpha value is -3.68. The van der Waals surface area contributed by atoms with Crippen LogP contribution in [0.5, 0.6) is 5.75 Å². The van der Waals surface area contributed by atoms with Crippen LogP contribution in [0.4, 0.5) is 5.13 Å². The fourth-order valence-electron chi connectivity index (χ4n) is 3.36. The summed E-state index contributed by atoms with van der Waals surface area (Å²) in [6.45, 7) is 1.16. The molecule has 0 saturated carbocycles. The summed E-state index contributed by atoms with van der Waals surface area (Å²) < 4.78 is 6.13. The van der Waals surface area contributed by atoms with Crippen molar-refractivity contribution in [3.05, 3.63) is 95.0 Å². The molecule has 0 atom stereocenters. The van der Waals surface area contributed by atoms with E-state index >= 15 is 0 Å². The van der Waals surface area contributed by atoms with E-state index in [-0.39, 0.29) is 0 Å². The van der Waals surface area contributed by atoms with E-state index in [4.69, 9.17) is 9.94 Å². The SMILES string of the molecule is O=C(NO)c1ccc(C=C(CCOc2cccc3ccccc23)CNc2nccs2)cc1. The van der Waals surface area contributed by atoms with Crippen LogP contribution in [0.3, 0.4) is 0 Å². The predicted octanol–water partition coefficient (Wildman–Crippen LogP) is 5.38. The van der Waals surface area contributed by atoms with Crippen LogP contribution < -0.4 is 15.5 Å². The number of benzene rings is 3. The van der Waals surface area contributed by atoms with E-state index in [1.165, 1.54) is 0 Å². The number of hydrogen-bond donors (Lipinski definition) is 3. The van der Waals surface area contributed by atoms with Gasteiger partial charge in [0.25, 0.3) is 5.91 Å². The molecule has 1 amide bonds. The zero-order chi connectivity index (χ0) is 22.2. The molecule has 1 heterocycles. The molecule has 0 unspecified atom stereocenters. The molecular formula is C25H23N3O3S. The van der Waals surface area contributed by atoms with Crippen molar-refractivity contribution in [2.75, 3.05) is 18.5 Å². The van der Waals surface area contributed by atoms with Crippen LogP contribution in [0.15, 0.2) is 83.9 Å². The van der Waals surface area contributed by atoms with Crippen molar-refractivity contribution in [1.82, 2.24) is 10.5 Å². The lowest BCUT2D eigenvalue weighted by Crippen LogP contribution is -2.18. The first-order valence-electron chi connectivity index (χ1n) is 10.2. The largest absolute Gasteiger partial charge is 0.493 e. The van der Waals surface area contributed by atoms with Crippen molar-refractivity contribution in [2.45, 2.75) is 6.42 Å². The van der Waals surface area contributed by atoms with Gasteiger partial charge in [0.2, 0.25) is 0 Å². The maximum atomic E-state index is 11.5. The number of carbonyl (C=O) groups is 1. The number of rotatable bonds is 9. The third kappa shape index (κ3) is 5.51. The Kier molecular flexibility index (Phi) is 7.12. The number of carbonyl (C=O) groups excluding carboxylic acids is 1. The highest BCUT2D eigenvalue weighted by atomic mass is 32.1. The number of nitrogens with one attached hydrogen (secondary N) is 2. The first kappa shape index (κ1) is 21.5. The van der Waals surface area contributed by atoms with Crippen molar-refractivity contribution < 1.29 is 14.7 Å². The Morgan fingerprint density at radius 3 is 2.66 bits per heavy atom. The third-order valence-electron chi connectivity index (χ3n) is 4.97. The lowest BCUT2D eigenvalue weighted by molar-refractivity contribution is 0.0706. The molecule has 162 valence electrons. The van der Waals surface area contributed by atoms with E-state index in [0.29, 0.717) is 18.7 Å². The number of hydroxylamine groups is 1. The molecule has 0 aliphatic heterocycles. The summed E-state index contributed by atoms with van der Waals surface area (Å²) in [7, 11) is 0. The molecule has 7 heteroatoms. The summed E-state index contributed by atoms with van der Waals surface area (Å²) >= 11 is 1.55. The number of aromatic nitrogens is 1. The van der Waals surface area contributed by atoms with Crippen LogP contribution in [-0.4, -0.2) is 29.3 Å². The van der Waals surface area contributed by atoms with Gasteiger partial charge in [0, 0.05) is 35.5 Å². The number of ether oxygens (including phenoxy) is 1. The van der Waals surface area contributed by atoms with Crippen LogP contribution in [0.1, 0.15) is 22.3 Å². The number of amides is 1. The summed E-state index contributed by atoms with van der Waals surface area (Å²) in [4.78, 5) is 15.8. The molecule has 0 spiro atoms. The Bertz CT molecular complexity index is 1200. The molecule has 4 rings (SSSR count). The van der Waals surface area contributed by atoms with E-state index in [9.17, 15) is 4.79 Å². The maximum Gasteiger partial charge on any atom is 0.274 e. The van der Waals surface area contributed by atoms with Crippen molar-refractivity contribution in [1.29, 1.82) is 0 Å². The predicted molar refractivity (Wildman–Crippen MR) is 128 cm³/mol. The summed E-state index contributed by atoms with van der Waals surface area (Å²) in [5, 5.41) is 17.2. The van der Waals surface area contributed by atoms with Crippen molar-refractivity contribution in [2.24, 2.45) is 0 Å². The topological polar surface area (TPSA) is 83.5 Å². The van der Waals surface area contributed by atoms with Gasteiger partial charge in [-0.3, -0.25) is 10.0 Å². The Morgan fingerprint density at radius 1 is 1.06 bits per heavy atom. The van der Waals surface area contributed by atoms with Gasteiger partial charge in [-0.25, -0.2) is 10.5 Å². The lowest BCUT2D eigenvalue weighted by Gasteiger charge is -2.12. The van der Waals surface area contributed by atoms with Gasteiger partial charge in [-0.1, -0.05) is 54.6 Å². The van der Waals surface area contributed by atoms with Crippen LogP contribution >= 0.6 is 11.3 Å². The van der Waals surface area contributed by atoms with Crippen LogP contribution in [0, 0.1) is 0 Å². The quantitative estimate of drug-likeness (QED) is 0.238. The fourth-order valence-corrected chi connectivity index (χ4v) is 3.88. The molecular weight excluding hydrogens is 422 g/mol. The second-order valence-electron chi connectivity index (χ2n) is 7.13. The molecule has 0 fully saturated rings. The molecule has 32 heavy (non-hydrogen) atoms. The molecule has 0 aliphatic rings. The normalized spacial score (nSPS) is 11.3. The van der Waals surface area contributed by atoms with E-state index in [1.54, 1.807) is 35.1 Å². The summed E-state index contributed by atoms with van der Waals surface area (Å²) in [5.74, 6) is 0.337. The van der Waals surface area contributed by atoms with Gasteiger partial charge in [0.05, 0.1) is 6.61 Å². The number of anilines is 1. The van der Waals surface area contributed by atoms with Crippen LogP contribution in [0.25, 0.3) is 16.8 Å². The molecule has 6 nitrogen and oxygen atoms in total. The van der Waals surface area contributed by atoms with Crippen molar-refractivity contribution in [3.8, 4) is 5.75 Å². The zero-order valence-corrected chi connectivity index (χ0v) is 18.1. The number of nitrogens with zero attached hydrogens (tertiary/aromatic N) is 1. The highest BCUT2D eigenvalue weighted by molar-refractivity contribution is 7.13. The number of thiazole rings is 1. The van der Waals surface area contributed by atoms with Gasteiger partial charge < -0.3 is 10.1 Å². The monoisotopic (exact) mass is 445 g/mol. The molecule has 1 aromatic heterocycles. The minimum atomic E-state index is -0.533. The Morgan fingerprint density at radius 2 is 1.88 bits per heavy atom. The maximum absolute atomic E-state index is 11.5.